The van der Waals surface area contributed by atoms with Crippen LogP contribution in [-0.2, 0) is 4.79 Å². The molecule has 1 saturated heterocycles. The van der Waals surface area contributed by atoms with Gasteiger partial charge in [0.25, 0.3) is 0 Å². The zero-order chi connectivity index (χ0) is 11.4. The summed E-state index contributed by atoms with van der Waals surface area (Å²) in [5.41, 5.74) is 1.15. The lowest BCUT2D eigenvalue weighted by Crippen LogP contribution is -2.41. The minimum atomic E-state index is 0. The van der Waals surface area contributed by atoms with Gasteiger partial charge in [-0.05, 0) is 31.9 Å². The van der Waals surface area contributed by atoms with E-state index in [4.69, 9.17) is 0 Å². The molecule has 2 atom stereocenters. The number of hydrogen-bond donors (Lipinski definition) is 2. The quantitative estimate of drug-likeness (QED) is 0.867. The largest absolute Gasteiger partial charge is 0.348 e. The summed E-state index contributed by atoms with van der Waals surface area (Å²) in [6, 6.07) is 10.1. The monoisotopic (exact) mass is 254 g/mol. The van der Waals surface area contributed by atoms with Gasteiger partial charge in [0.05, 0.1) is 12.1 Å². The molecule has 0 aromatic heterocycles. The second kappa shape index (κ2) is 6.62. The average Bonchev–Trinajstić information content (AvgIpc) is 2.83. The van der Waals surface area contributed by atoms with Crippen molar-refractivity contribution in [2.75, 3.05) is 6.54 Å². The van der Waals surface area contributed by atoms with Crippen molar-refractivity contribution in [1.82, 2.24) is 10.6 Å². The van der Waals surface area contributed by atoms with E-state index < -0.39 is 0 Å². The highest BCUT2D eigenvalue weighted by Crippen LogP contribution is 2.12. The third-order valence-electron chi connectivity index (χ3n) is 3.04. The van der Waals surface area contributed by atoms with Gasteiger partial charge in [-0.2, -0.15) is 0 Å². The molecular formula is C13H19ClN2O. The first-order chi connectivity index (χ1) is 7.77. The molecule has 2 N–H and O–H groups in total. The molecule has 0 saturated carbocycles. The van der Waals surface area contributed by atoms with Crippen molar-refractivity contribution < 1.29 is 4.79 Å². The maximum absolute atomic E-state index is 11.9. The maximum Gasteiger partial charge on any atom is 0.237 e. The number of halogens is 1. The Bertz CT molecular complexity index is 350. The van der Waals surface area contributed by atoms with E-state index in [0.29, 0.717) is 0 Å². The number of benzene rings is 1. The van der Waals surface area contributed by atoms with E-state index in [1.54, 1.807) is 0 Å². The molecule has 1 fully saturated rings. The normalized spacial score (nSPS) is 20.4. The fourth-order valence-corrected chi connectivity index (χ4v) is 2.05. The summed E-state index contributed by atoms with van der Waals surface area (Å²) < 4.78 is 0. The topological polar surface area (TPSA) is 41.1 Å². The second-order valence-corrected chi connectivity index (χ2v) is 4.29. The summed E-state index contributed by atoms with van der Waals surface area (Å²) in [5.74, 6) is 0.119. The van der Waals surface area contributed by atoms with Crippen LogP contribution in [0.4, 0.5) is 0 Å². The molecule has 0 radical (unpaired) electrons. The standard InChI is InChI=1S/C13H18N2O.ClH/c1-10(11-6-3-2-4-7-11)15-13(16)12-8-5-9-14-12;/h2-4,6-7,10,12,14H,5,8-9H2,1H3,(H,15,16);1H/t10?,12-;/m1./s1. The third kappa shape index (κ3) is 3.72. The highest BCUT2D eigenvalue weighted by atomic mass is 35.5. The molecule has 0 bridgehead atoms. The minimum Gasteiger partial charge on any atom is -0.348 e. The Morgan fingerprint density at radius 1 is 1.41 bits per heavy atom. The number of hydrogen-bond acceptors (Lipinski definition) is 2. The molecule has 1 aromatic carbocycles. The van der Waals surface area contributed by atoms with Crippen molar-refractivity contribution in [1.29, 1.82) is 0 Å². The summed E-state index contributed by atoms with van der Waals surface area (Å²) in [7, 11) is 0. The Balaban J connectivity index is 0.00000144. The lowest BCUT2D eigenvalue weighted by molar-refractivity contribution is -0.123. The molecule has 1 heterocycles. The van der Waals surface area contributed by atoms with Crippen LogP contribution in [0.3, 0.4) is 0 Å². The van der Waals surface area contributed by atoms with E-state index in [9.17, 15) is 4.79 Å². The molecule has 0 aliphatic carbocycles. The second-order valence-electron chi connectivity index (χ2n) is 4.29. The Hall–Kier alpha value is -1.06. The maximum atomic E-state index is 11.9. The van der Waals surface area contributed by atoms with Crippen LogP contribution >= 0.6 is 12.4 Å². The van der Waals surface area contributed by atoms with E-state index in [1.807, 2.05) is 37.3 Å². The smallest absolute Gasteiger partial charge is 0.237 e. The zero-order valence-corrected chi connectivity index (χ0v) is 10.8. The molecule has 17 heavy (non-hydrogen) atoms. The first kappa shape index (κ1) is 14.0. The van der Waals surface area contributed by atoms with Crippen molar-refractivity contribution in [3.8, 4) is 0 Å². The number of carbonyl (C=O) groups is 1. The molecule has 1 amide bonds. The first-order valence-corrected chi connectivity index (χ1v) is 5.86. The lowest BCUT2D eigenvalue weighted by Gasteiger charge is -2.17. The van der Waals surface area contributed by atoms with Gasteiger partial charge in [-0.1, -0.05) is 30.3 Å². The van der Waals surface area contributed by atoms with E-state index in [-0.39, 0.29) is 30.4 Å². The first-order valence-electron chi connectivity index (χ1n) is 5.86. The van der Waals surface area contributed by atoms with E-state index >= 15 is 0 Å². The van der Waals surface area contributed by atoms with Crippen LogP contribution in [0.5, 0.6) is 0 Å². The Morgan fingerprint density at radius 2 is 2.12 bits per heavy atom. The van der Waals surface area contributed by atoms with Crippen molar-refractivity contribution in [3.05, 3.63) is 35.9 Å². The zero-order valence-electron chi connectivity index (χ0n) is 9.98. The predicted octanol–water partition coefficient (Wildman–Crippen LogP) is 2.04. The van der Waals surface area contributed by atoms with Gasteiger partial charge in [0.15, 0.2) is 0 Å². The number of amides is 1. The highest BCUT2D eigenvalue weighted by molar-refractivity contribution is 5.85. The number of rotatable bonds is 3. The van der Waals surface area contributed by atoms with E-state index in [0.717, 1.165) is 24.9 Å². The van der Waals surface area contributed by atoms with Crippen LogP contribution in [0.2, 0.25) is 0 Å². The van der Waals surface area contributed by atoms with Crippen LogP contribution in [0.15, 0.2) is 30.3 Å². The van der Waals surface area contributed by atoms with Crippen LogP contribution in [0, 0.1) is 0 Å². The lowest BCUT2D eigenvalue weighted by atomic mass is 10.1. The van der Waals surface area contributed by atoms with Gasteiger partial charge < -0.3 is 10.6 Å². The van der Waals surface area contributed by atoms with Crippen molar-refractivity contribution >= 4 is 18.3 Å². The highest BCUT2D eigenvalue weighted by Gasteiger charge is 2.23. The molecule has 0 spiro atoms. The van der Waals surface area contributed by atoms with E-state index in [2.05, 4.69) is 10.6 Å². The van der Waals surface area contributed by atoms with Crippen LogP contribution in [-0.4, -0.2) is 18.5 Å². The third-order valence-corrected chi connectivity index (χ3v) is 3.04. The molecule has 3 nitrogen and oxygen atoms in total. The van der Waals surface area contributed by atoms with Gasteiger partial charge in [-0.3, -0.25) is 4.79 Å². The Morgan fingerprint density at radius 3 is 2.71 bits per heavy atom. The van der Waals surface area contributed by atoms with Crippen molar-refractivity contribution in [2.45, 2.75) is 31.8 Å². The summed E-state index contributed by atoms with van der Waals surface area (Å²) in [6.45, 7) is 2.97. The van der Waals surface area contributed by atoms with Crippen LogP contribution < -0.4 is 10.6 Å². The van der Waals surface area contributed by atoms with Crippen molar-refractivity contribution in [3.63, 3.8) is 0 Å². The fourth-order valence-electron chi connectivity index (χ4n) is 2.05. The van der Waals surface area contributed by atoms with Crippen LogP contribution in [0.1, 0.15) is 31.4 Å². The van der Waals surface area contributed by atoms with Crippen LogP contribution in [0.25, 0.3) is 0 Å². The van der Waals surface area contributed by atoms with Gasteiger partial charge >= 0.3 is 0 Å². The SMILES string of the molecule is CC(NC(=O)[C@H]1CCCN1)c1ccccc1.Cl. The van der Waals surface area contributed by atoms with Crippen molar-refractivity contribution in [2.24, 2.45) is 0 Å². The molecule has 4 heteroatoms. The Kier molecular flexibility index (Phi) is 5.45. The molecule has 1 aliphatic rings. The predicted molar refractivity (Wildman–Crippen MR) is 71.3 cm³/mol. The average molecular weight is 255 g/mol. The number of carbonyl (C=O) groups excluding carboxylic acids is 1. The fraction of sp³-hybridized carbons (Fsp3) is 0.462. The van der Waals surface area contributed by atoms with Gasteiger partial charge in [0, 0.05) is 0 Å². The summed E-state index contributed by atoms with van der Waals surface area (Å²) in [4.78, 5) is 11.9. The van der Waals surface area contributed by atoms with Gasteiger partial charge in [-0.25, -0.2) is 0 Å². The molecule has 1 aliphatic heterocycles. The molecule has 94 valence electrons. The molecular weight excluding hydrogens is 236 g/mol. The molecule has 1 unspecified atom stereocenters. The Labute approximate surface area is 108 Å². The van der Waals surface area contributed by atoms with Gasteiger partial charge in [0.1, 0.15) is 0 Å². The molecule has 2 rings (SSSR count). The number of nitrogens with one attached hydrogen (secondary N) is 2. The van der Waals surface area contributed by atoms with Gasteiger partial charge in [0.2, 0.25) is 5.91 Å². The summed E-state index contributed by atoms with van der Waals surface area (Å²) in [5, 5.41) is 6.24. The van der Waals surface area contributed by atoms with E-state index in [1.165, 1.54) is 0 Å². The summed E-state index contributed by atoms with van der Waals surface area (Å²) >= 11 is 0. The summed E-state index contributed by atoms with van der Waals surface area (Å²) in [6.07, 6.45) is 2.05. The molecule has 1 aromatic rings. The minimum absolute atomic E-state index is 0. The van der Waals surface area contributed by atoms with Gasteiger partial charge in [-0.15, -0.1) is 12.4 Å².